The quantitative estimate of drug-likeness (QED) is 0.777. The highest BCUT2D eigenvalue weighted by Gasteiger charge is 2.34. The Morgan fingerprint density at radius 1 is 1.05 bits per heavy atom. The molecule has 7 heteroatoms. The van der Waals surface area contributed by atoms with Crippen molar-refractivity contribution in [3.05, 3.63) is 0 Å². The number of piperidine rings is 1. The first-order valence-corrected chi connectivity index (χ1v) is 7.14. The van der Waals surface area contributed by atoms with Gasteiger partial charge in [0.15, 0.2) is 0 Å². The van der Waals surface area contributed by atoms with Gasteiger partial charge in [-0.2, -0.15) is 0 Å². The Labute approximate surface area is 117 Å². The van der Waals surface area contributed by atoms with E-state index in [1.165, 1.54) is 4.90 Å². The molecule has 2 heterocycles. The molecule has 1 atom stereocenters. The van der Waals surface area contributed by atoms with Crippen LogP contribution >= 0.6 is 0 Å². The molecular formula is C13H21N3O4. The van der Waals surface area contributed by atoms with E-state index in [9.17, 15) is 14.4 Å². The van der Waals surface area contributed by atoms with Crippen molar-refractivity contribution in [3.63, 3.8) is 0 Å². The number of hydrogen-bond donors (Lipinski definition) is 2. The average Bonchev–Trinajstić information content (AvgIpc) is 2.95. The van der Waals surface area contributed by atoms with Gasteiger partial charge in [0.2, 0.25) is 5.91 Å². The Hall–Kier alpha value is -1.79. The number of carboxylic acids is 1. The molecule has 2 N–H and O–H groups in total. The summed E-state index contributed by atoms with van der Waals surface area (Å²) < 4.78 is 0. The zero-order valence-electron chi connectivity index (χ0n) is 11.5. The van der Waals surface area contributed by atoms with E-state index in [0.29, 0.717) is 19.4 Å². The topological polar surface area (TPSA) is 90.0 Å². The van der Waals surface area contributed by atoms with E-state index in [4.69, 9.17) is 5.11 Å². The Balaban J connectivity index is 1.79. The van der Waals surface area contributed by atoms with Crippen molar-refractivity contribution in [1.82, 2.24) is 15.1 Å². The van der Waals surface area contributed by atoms with Gasteiger partial charge in [0.05, 0.1) is 6.54 Å². The van der Waals surface area contributed by atoms with Gasteiger partial charge in [-0.25, -0.2) is 9.59 Å². The van der Waals surface area contributed by atoms with Crippen LogP contribution in [0.5, 0.6) is 0 Å². The van der Waals surface area contributed by atoms with Crippen molar-refractivity contribution in [1.29, 1.82) is 0 Å². The number of likely N-dealkylation sites (tertiary alicyclic amines) is 2. The fourth-order valence-corrected chi connectivity index (χ4v) is 2.77. The smallest absolute Gasteiger partial charge is 0.326 e. The molecule has 0 aromatic carbocycles. The van der Waals surface area contributed by atoms with Crippen LogP contribution in [0.1, 0.15) is 32.1 Å². The normalized spacial score (nSPS) is 22.7. The molecule has 2 aliphatic heterocycles. The summed E-state index contributed by atoms with van der Waals surface area (Å²) >= 11 is 0. The van der Waals surface area contributed by atoms with Crippen molar-refractivity contribution in [3.8, 4) is 0 Å². The Morgan fingerprint density at radius 3 is 2.40 bits per heavy atom. The molecular weight excluding hydrogens is 262 g/mol. The minimum atomic E-state index is -0.986. The molecule has 1 unspecified atom stereocenters. The highest BCUT2D eigenvalue weighted by Crippen LogP contribution is 2.17. The largest absolute Gasteiger partial charge is 0.480 e. The van der Waals surface area contributed by atoms with Gasteiger partial charge in [-0.15, -0.1) is 0 Å². The number of rotatable bonds is 3. The van der Waals surface area contributed by atoms with Gasteiger partial charge >= 0.3 is 12.0 Å². The van der Waals surface area contributed by atoms with Crippen molar-refractivity contribution in [2.75, 3.05) is 26.2 Å². The first-order chi connectivity index (χ1) is 9.59. The first-order valence-electron chi connectivity index (χ1n) is 7.14. The number of aliphatic carboxylic acids is 1. The lowest BCUT2D eigenvalue weighted by Crippen LogP contribution is -2.49. The molecule has 3 amide bonds. The van der Waals surface area contributed by atoms with Crippen molar-refractivity contribution in [2.24, 2.45) is 0 Å². The number of urea groups is 1. The summed E-state index contributed by atoms with van der Waals surface area (Å²) in [6.45, 7) is 1.87. The molecule has 2 aliphatic rings. The van der Waals surface area contributed by atoms with Crippen LogP contribution in [0, 0.1) is 0 Å². The van der Waals surface area contributed by atoms with Gasteiger partial charge in [0, 0.05) is 19.6 Å². The van der Waals surface area contributed by atoms with Gasteiger partial charge in [0.25, 0.3) is 0 Å². The second kappa shape index (κ2) is 6.58. The number of nitrogens with zero attached hydrogens (tertiary/aromatic N) is 2. The van der Waals surface area contributed by atoms with E-state index in [0.717, 1.165) is 32.4 Å². The monoisotopic (exact) mass is 283 g/mol. The molecule has 0 aliphatic carbocycles. The molecule has 20 heavy (non-hydrogen) atoms. The standard InChI is InChI=1S/C13H21N3O4/c17-11(15-6-2-1-3-7-15)9-14-13(20)16-8-4-5-10(16)12(18)19/h10H,1-9H2,(H,14,20)(H,18,19). The third-order valence-corrected chi connectivity index (χ3v) is 3.90. The van der Waals surface area contributed by atoms with Crippen LogP contribution < -0.4 is 5.32 Å². The van der Waals surface area contributed by atoms with E-state index < -0.39 is 18.0 Å². The van der Waals surface area contributed by atoms with E-state index in [1.54, 1.807) is 4.90 Å². The molecule has 0 aromatic heterocycles. The van der Waals surface area contributed by atoms with Gasteiger partial charge in [-0.1, -0.05) is 0 Å². The number of carbonyl (C=O) groups excluding carboxylic acids is 2. The second-order valence-corrected chi connectivity index (χ2v) is 5.29. The van der Waals surface area contributed by atoms with Crippen LogP contribution in [-0.4, -0.2) is 65.0 Å². The fourth-order valence-electron chi connectivity index (χ4n) is 2.77. The van der Waals surface area contributed by atoms with Crippen LogP contribution in [0.25, 0.3) is 0 Å². The van der Waals surface area contributed by atoms with Crippen molar-refractivity contribution < 1.29 is 19.5 Å². The second-order valence-electron chi connectivity index (χ2n) is 5.29. The zero-order valence-corrected chi connectivity index (χ0v) is 11.5. The lowest BCUT2D eigenvalue weighted by atomic mass is 10.1. The summed E-state index contributed by atoms with van der Waals surface area (Å²) in [6.07, 6.45) is 4.32. The minimum Gasteiger partial charge on any atom is -0.480 e. The maximum atomic E-state index is 11.9. The maximum absolute atomic E-state index is 11.9. The van der Waals surface area contributed by atoms with Crippen LogP contribution in [0.4, 0.5) is 4.79 Å². The molecule has 0 saturated carbocycles. The molecule has 112 valence electrons. The number of nitrogens with one attached hydrogen (secondary N) is 1. The van der Waals surface area contributed by atoms with Crippen LogP contribution in [-0.2, 0) is 9.59 Å². The summed E-state index contributed by atoms with van der Waals surface area (Å²) in [6, 6.07) is -1.22. The lowest BCUT2D eigenvalue weighted by Gasteiger charge is -2.27. The van der Waals surface area contributed by atoms with Crippen LogP contribution in [0.15, 0.2) is 0 Å². The van der Waals surface area contributed by atoms with Gasteiger partial charge in [-0.05, 0) is 32.1 Å². The molecule has 2 saturated heterocycles. The average molecular weight is 283 g/mol. The summed E-state index contributed by atoms with van der Waals surface area (Å²) in [5.41, 5.74) is 0. The zero-order chi connectivity index (χ0) is 14.5. The molecule has 0 bridgehead atoms. The number of carbonyl (C=O) groups is 3. The summed E-state index contributed by atoms with van der Waals surface area (Å²) in [5.74, 6) is -1.08. The third kappa shape index (κ3) is 3.40. The predicted molar refractivity (Wildman–Crippen MR) is 71.2 cm³/mol. The number of amides is 3. The SMILES string of the molecule is O=C(O)C1CCCN1C(=O)NCC(=O)N1CCCCC1. The van der Waals surface area contributed by atoms with E-state index in [1.807, 2.05) is 0 Å². The van der Waals surface area contributed by atoms with Gasteiger partial charge in [0.1, 0.15) is 6.04 Å². The van der Waals surface area contributed by atoms with Gasteiger partial charge in [-0.3, -0.25) is 4.79 Å². The Kier molecular flexibility index (Phi) is 4.81. The highest BCUT2D eigenvalue weighted by molar-refractivity contribution is 5.87. The van der Waals surface area contributed by atoms with Gasteiger partial charge < -0.3 is 20.2 Å². The lowest BCUT2D eigenvalue weighted by molar-refractivity contribution is -0.141. The summed E-state index contributed by atoms with van der Waals surface area (Å²) in [7, 11) is 0. The molecule has 0 radical (unpaired) electrons. The molecule has 0 spiro atoms. The van der Waals surface area contributed by atoms with Crippen LogP contribution in [0.2, 0.25) is 0 Å². The van der Waals surface area contributed by atoms with Crippen LogP contribution in [0.3, 0.4) is 0 Å². The third-order valence-electron chi connectivity index (χ3n) is 3.90. The molecule has 0 aromatic rings. The van der Waals surface area contributed by atoms with E-state index >= 15 is 0 Å². The minimum absolute atomic E-state index is 0.0539. The van der Waals surface area contributed by atoms with E-state index in [-0.39, 0.29) is 12.5 Å². The number of carboxylic acid groups (broad SMARTS) is 1. The maximum Gasteiger partial charge on any atom is 0.326 e. The Morgan fingerprint density at radius 2 is 1.75 bits per heavy atom. The van der Waals surface area contributed by atoms with E-state index in [2.05, 4.69) is 5.32 Å². The highest BCUT2D eigenvalue weighted by atomic mass is 16.4. The summed E-state index contributed by atoms with van der Waals surface area (Å²) in [4.78, 5) is 37.9. The fraction of sp³-hybridized carbons (Fsp3) is 0.769. The Bertz CT molecular complexity index is 393. The molecule has 2 fully saturated rings. The predicted octanol–water partition coefficient (Wildman–Crippen LogP) is 0.258. The number of hydrogen-bond acceptors (Lipinski definition) is 3. The molecule has 2 rings (SSSR count). The summed E-state index contributed by atoms with van der Waals surface area (Å²) in [5, 5.41) is 11.6. The molecule has 7 nitrogen and oxygen atoms in total. The van der Waals surface area contributed by atoms with Crippen molar-refractivity contribution >= 4 is 17.9 Å². The van der Waals surface area contributed by atoms with Crippen molar-refractivity contribution in [2.45, 2.75) is 38.1 Å². The first kappa shape index (κ1) is 14.6.